The van der Waals surface area contributed by atoms with E-state index in [1.165, 1.54) is 16.4 Å². The standard InChI is InChI=1S/C16H19O3P.C12H11P/c1-3-18-20(17,19-4-2)16-13-9-8-12-15(16)14-10-6-5-7-11-14;13-12-9-5-4-8-11(12)10-6-2-1-3-7-10/h5-13H,3-4H2,1-2H3;1-9H,13H2. The number of benzene rings is 4. The Balaban J connectivity index is 0.000000203. The van der Waals surface area contributed by atoms with Gasteiger partial charge in [-0.1, -0.05) is 103 Å². The minimum absolute atomic E-state index is 0.348. The summed E-state index contributed by atoms with van der Waals surface area (Å²) in [5.74, 6) is 0. The molecule has 33 heavy (non-hydrogen) atoms. The maximum absolute atomic E-state index is 13.0. The lowest BCUT2D eigenvalue weighted by Crippen LogP contribution is -2.13. The van der Waals surface area contributed by atoms with Crippen molar-refractivity contribution in [2.75, 3.05) is 13.2 Å². The summed E-state index contributed by atoms with van der Waals surface area (Å²) >= 11 is 0. The molecule has 0 radical (unpaired) electrons. The first kappa shape index (κ1) is 25.1. The Labute approximate surface area is 199 Å². The van der Waals surface area contributed by atoms with Crippen LogP contribution in [0, 0.1) is 0 Å². The van der Waals surface area contributed by atoms with Gasteiger partial charge < -0.3 is 9.05 Å². The molecule has 0 aliphatic carbocycles. The van der Waals surface area contributed by atoms with Crippen LogP contribution >= 0.6 is 16.8 Å². The highest BCUT2D eigenvalue weighted by molar-refractivity contribution is 7.62. The summed E-state index contributed by atoms with van der Waals surface area (Å²) in [6.45, 7) is 4.33. The van der Waals surface area contributed by atoms with Crippen LogP contribution in [-0.4, -0.2) is 13.2 Å². The van der Waals surface area contributed by atoms with E-state index in [2.05, 4.69) is 57.8 Å². The van der Waals surface area contributed by atoms with Gasteiger partial charge in [-0.2, -0.15) is 0 Å². The highest BCUT2D eigenvalue weighted by Crippen LogP contribution is 2.49. The van der Waals surface area contributed by atoms with Gasteiger partial charge in [0, 0.05) is 0 Å². The van der Waals surface area contributed by atoms with Gasteiger partial charge in [-0.15, -0.1) is 9.24 Å². The Bertz CT molecular complexity index is 1170. The van der Waals surface area contributed by atoms with E-state index in [4.69, 9.17) is 9.05 Å². The number of hydrogen-bond acceptors (Lipinski definition) is 3. The molecule has 0 amide bonds. The van der Waals surface area contributed by atoms with Crippen molar-refractivity contribution >= 4 is 27.4 Å². The van der Waals surface area contributed by atoms with Crippen molar-refractivity contribution in [3.63, 3.8) is 0 Å². The zero-order valence-electron chi connectivity index (χ0n) is 19.1. The van der Waals surface area contributed by atoms with Crippen LogP contribution in [-0.2, 0) is 13.6 Å². The van der Waals surface area contributed by atoms with Crippen LogP contribution in [0.2, 0.25) is 0 Å². The summed E-state index contributed by atoms with van der Waals surface area (Å²) < 4.78 is 23.9. The Morgan fingerprint density at radius 2 is 1.03 bits per heavy atom. The first-order chi connectivity index (χ1) is 16.1. The molecular formula is C28H30O3P2. The van der Waals surface area contributed by atoms with Crippen molar-refractivity contribution in [2.24, 2.45) is 0 Å². The molecule has 3 nitrogen and oxygen atoms in total. The average molecular weight is 476 g/mol. The maximum atomic E-state index is 13.0. The second-order valence-electron chi connectivity index (χ2n) is 7.17. The average Bonchev–Trinajstić information content (AvgIpc) is 2.86. The van der Waals surface area contributed by atoms with Gasteiger partial charge in [0.05, 0.1) is 18.5 Å². The summed E-state index contributed by atoms with van der Waals surface area (Å²) in [5, 5.41) is 1.86. The third-order valence-corrected chi connectivity index (χ3v) is 7.61. The number of rotatable bonds is 7. The van der Waals surface area contributed by atoms with Crippen LogP contribution in [0.15, 0.2) is 109 Å². The van der Waals surface area contributed by atoms with Crippen molar-refractivity contribution in [3.05, 3.63) is 109 Å². The topological polar surface area (TPSA) is 35.5 Å². The Kier molecular flexibility index (Phi) is 9.61. The minimum atomic E-state index is -3.27. The molecule has 0 spiro atoms. The lowest BCUT2D eigenvalue weighted by atomic mass is 10.1. The summed E-state index contributed by atoms with van der Waals surface area (Å²) in [6, 6.07) is 36.1. The predicted molar refractivity (Wildman–Crippen MR) is 144 cm³/mol. The zero-order chi connectivity index (χ0) is 23.5. The summed E-state index contributed by atoms with van der Waals surface area (Å²) in [5.41, 5.74) is 4.45. The fourth-order valence-electron chi connectivity index (χ4n) is 3.47. The third kappa shape index (κ3) is 6.73. The molecule has 4 aromatic carbocycles. The molecule has 4 aromatic rings. The molecule has 0 N–H and O–H groups in total. The monoisotopic (exact) mass is 476 g/mol. The lowest BCUT2D eigenvalue weighted by Gasteiger charge is -2.20. The molecule has 0 saturated heterocycles. The smallest absolute Gasteiger partial charge is 0.305 e. The summed E-state index contributed by atoms with van der Waals surface area (Å²) in [6.07, 6.45) is 0. The fourth-order valence-corrected chi connectivity index (χ4v) is 5.64. The van der Waals surface area contributed by atoms with Gasteiger partial charge in [0.1, 0.15) is 0 Å². The quantitative estimate of drug-likeness (QED) is 0.267. The molecule has 1 atom stereocenters. The maximum Gasteiger partial charge on any atom is 0.361 e. The van der Waals surface area contributed by atoms with Crippen molar-refractivity contribution in [1.29, 1.82) is 0 Å². The first-order valence-electron chi connectivity index (χ1n) is 11.0. The third-order valence-electron chi connectivity index (χ3n) is 4.93. The molecule has 5 heteroatoms. The lowest BCUT2D eigenvalue weighted by molar-refractivity contribution is 0.230. The van der Waals surface area contributed by atoms with E-state index >= 15 is 0 Å². The molecule has 0 aromatic heterocycles. The molecule has 170 valence electrons. The van der Waals surface area contributed by atoms with Gasteiger partial charge in [0.2, 0.25) is 0 Å². The molecule has 0 saturated carbocycles. The van der Waals surface area contributed by atoms with E-state index in [-0.39, 0.29) is 0 Å². The SMILES string of the molecule is CCOP(=O)(OCC)c1ccccc1-c1ccccc1.Pc1ccccc1-c1ccccc1. The van der Waals surface area contributed by atoms with Crippen molar-refractivity contribution in [3.8, 4) is 22.3 Å². The predicted octanol–water partition coefficient (Wildman–Crippen LogP) is 7.10. The van der Waals surface area contributed by atoms with Gasteiger partial charge >= 0.3 is 7.60 Å². The van der Waals surface area contributed by atoms with Crippen LogP contribution in [0.5, 0.6) is 0 Å². The first-order valence-corrected chi connectivity index (χ1v) is 13.1. The van der Waals surface area contributed by atoms with E-state index in [1.54, 1.807) is 0 Å². The Morgan fingerprint density at radius 3 is 1.55 bits per heavy atom. The van der Waals surface area contributed by atoms with Crippen molar-refractivity contribution < 1.29 is 13.6 Å². The molecule has 0 aliphatic rings. The van der Waals surface area contributed by atoms with Gasteiger partial charge in [-0.3, -0.25) is 4.57 Å². The normalized spacial score (nSPS) is 10.9. The molecular weight excluding hydrogens is 446 g/mol. The van der Waals surface area contributed by atoms with Gasteiger partial charge in [-0.25, -0.2) is 0 Å². The molecule has 4 rings (SSSR count). The highest BCUT2D eigenvalue weighted by Gasteiger charge is 2.29. The van der Waals surface area contributed by atoms with Gasteiger partial charge in [0.15, 0.2) is 0 Å². The largest absolute Gasteiger partial charge is 0.361 e. The van der Waals surface area contributed by atoms with Crippen LogP contribution in [0.4, 0.5) is 0 Å². The second-order valence-corrected chi connectivity index (χ2v) is 9.78. The number of hydrogen-bond donors (Lipinski definition) is 0. The van der Waals surface area contributed by atoms with Gasteiger partial charge in [-0.05, 0) is 47.5 Å². The highest BCUT2D eigenvalue weighted by atomic mass is 31.2. The van der Waals surface area contributed by atoms with E-state index in [9.17, 15) is 4.57 Å². The van der Waals surface area contributed by atoms with Gasteiger partial charge in [0.25, 0.3) is 0 Å². The van der Waals surface area contributed by atoms with Crippen LogP contribution in [0.1, 0.15) is 13.8 Å². The molecule has 0 aliphatic heterocycles. The van der Waals surface area contributed by atoms with Crippen LogP contribution in [0.3, 0.4) is 0 Å². The van der Waals surface area contributed by atoms with E-state index in [0.717, 1.165) is 11.1 Å². The van der Waals surface area contributed by atoms with E-state index in [1.807, 2.05) is 74.5 Å². The zero-order valence-corrected chi connectivity index (χ0v) is 21.1. The van der Waals surface area contributed by atoms with E-state index < -0.39 is 7.60 Å². The molecule has 1 unspecified atom stereocenters. The van der Waals surface area contributed by atoms with Crippen molar-refractivity contribution in [2.45, 2.75) is 13.8 Å². The molecule has 0 bridgehead atoms. The Morgan fingerprint density at radius 1 is 0.606 bits per heavy atom. The van der Waals surface area contributed by atoms with E-state index in [0.29, 0.717) is 18.5 Å². The van der Waals surface area contributed by atoms with Crippen LogP contribution < -0.4 is 10.6 Å². The molecule has 0 fully saturated rings. The summed E-state index contributed by atoms with van der Waals surface area (Å²) in [7, 11) is -0.515. The molecule has 0 heterocycles. The van der Waals surface area contributed by atoms with Crippen LogP contribution in [0.25, 0.3) is 22.3 Å². The minimum Gasteiger partial charge on any atom is -0.305 e. The second kappa shape index (κ2) is 12.6. The fraction of sp³-hybridized carbons (Fsp3) is 0.143. The van der Waals surface area contributed by atoms with Crippen molar-refractivity contribution in [1.82, 2.24) is 0 Å². The summed E-state index contributed by atoms with van der Waals surface area (Å²) in [4.78, 5) is 0. The Hall–Kier alpha value is -2.54.